The van der Waals surface area contributed by atoms with E-state index >= 15 is 0 Å². The molecule has 0 spiro atoms. The van der Waals surface area contributed by atoms with Crippen molar-refractivity contribution in [2.24, 2.45) is 0 Å². The number of carbonyl (C=O) groups excluding carboxylic acids is 1. The maximum Gasteiger partial charge on any atom is 0.271 e. The molecule has 1 saturated heterocycles. The topological polar surface area (TPSA) is 78.4 Å². The van der Waals surface area contributed by atoms with Crippen LogP contribution in [0.2, 0.25) is 0 Å². The minimum atomic E-state index is -0.639. The minimum absolute atomic E-state index is 0.220. The molecule has 6 nitrogen and oxygen atoms in total. The van der Waals surface area contributed by atoms with E-state index in [9.17, 15) is 9.90 Å². The lowest BCUT2D eigenvalue weighted by Crippen LogP contribution is -2.60. The molecule has 92 valence electrons. The van der Waals surface area contributed by atoms with Gasteiger partial charge in [-0.1, -0.05) is 0 Å². The molecule has 0 saturated carbocycles. The smallest absolute Gasteiger partial charge is 0.271 e. The number of hydrogen-bond donors (Lipinski definition) is 2. The van der Waals surface area contributed by atoms with Crippen molar-refractivity contribution >= 4 is 11.7 Å². The first-order valence-corrected chi connectivity index (χ1v) is 5.61. The van der Waals surface area contributed by atoms with Crippen molar-refractivity contribution in [2.75, 3.05) is 24.5 Å². The number of β-amino-alcohol motifs (C(OH)–C–C–N with tert-alkyl or cyclic N) is 1. The highest BCUT2D eigenvalue weighted by atomic mass is 16.3. The van der Waals surface area contributed by atoms with Gasteiger partial charge in [-0.2, -0.15) is 0 Å². The summed E-state index contributed by atoms with van der Waals surface area (Å²) in [6.07, 6.45) is 0. The van der Waals surface area contributed by atoms with E-state index in [1.807, 2.05) is 11.8 Å². The van der Waals surface area contributed by atoms with Gasteiger partial charge in [0.25, 0.3) is 5.91 Å². The Bertz CT molecular complexity index is 408. The van der Waals surface area contributed by atoms with Gasteiger partial charge in [0, 0.05) is 19.6 Å². The van der Waals surface area contributed by atoms with Crippen molar-refractivity contribution in [3.8, 4) is 0 Å². The Kier molecular flexibility index (Phi) is 2.97. The molecule has 1 amide bonds. The van der Waals surface area contributed by atoms with Crippen molar-refractivity contribution in [3.63, 3.8) is 0 Å². The van der Waals surface area contributed by atoms with Crippen LogP contribution in [-0.4, -0.2) is 46.4 Å². The van der Waals surface area contributed by atoms with Crippen LogP contribution in [0.4, 0.5) is 5.82 Å². The van der Waals surface area contributed by atoms with E-state index in [4.69, 9.17) is 0 Å². The molecule has 0 aromatic carbocycles. The highest BCUT2D eigenvalue weighted by Gasteiger charge is 2.37. The van der Waals surface area contributed by atoms with Crippen LogP contribution in [0.15, 0.2) is 12.1 Å². The number of aliphatic hydroxyl groups is 1. The summed E-state index contributed by atoms with van der Waals surface area (Å²) in [6, 6.07) is 3.38. The summed E-state index contributed by atoms with van der Waals surface area (Å²) in [7, 11) is 0. The molecule has 1 aromatic rings. The molecule has 1 aromatic heterocycles. The van der Waals surface area contributed by atoms with Gasteiger partial charge in [-0.05, 0) is 26.0 Å². The first-order chi connectivity index (χ1) is 8.02. The van der Waals surface area contributed by atoms with E-state index in [0.29, 0.717) is 31.1 Å². The fourth-order valence-electron chi connectivity index (χ4n) is 1.80. The quantitative estimate of drug-likeness (QED) is 0.759. The zero-order chi connectivity index (χ0) is 12.5. The monoisotopic (exact) mass is 236 g/mol. The molecule has 2 heterocycles. The zero-order valence-corrected chi connectivity index (χ0v) is 9.97. The molecule has 1 aliphatic rings. The standard InChI is InChI=1S/C11H16N4O2/c1-3-12-10(16)8-4-5-9(14-13-8)15-6-11(2,17)7-15/h4-5,17H,3,6-7H2,1-2H3,(H,12,16). The highest BCUT2D eigenvalue weighted by molar-refractivity contribution is 5.92. The number of nitrogens with zero attached hydrogens (tertiary/aromatic N) is 3. The van der Waals surface area contributed by atoms with Crippen molar-refractivity contribution in [3.05, 3.63) is 17.8 Å². The van der Waals surface area contributed by atoms with Crippen LogP contribution in [0, 0.1) is 0 Å². The Hall–Kier alpha value is -1.69. The second kappa shape index (κ2) is 4.29. The molecular formula is C11H16N4O2. The molecular weight excluding hydrogens is 220 g/mol. The van der Waals surface area contributed by atoms with Crippen LogP contribution < -0.4 is 10.2 Å². The first-order valence-electron chi connectivity index (χ1n) is 5.61. The Morgan fingerprint density at radius 3 is 2.71 bits per heavy atom. The summed E-state index contributed by atoms with van der Waals surface area (Å²) in [5.41, 5.74) is -0.331. The minimum Gasteiger partial charge on any atom is -0.386 e. The third-order valence-electron chi connectivity index (χ3n) is 2.61. The van der Waals surface area contributed by atoms with E-state index in [1.54, 1.807) is 19.1 Å². The second-order valence-corrected chi connectivity index (χ2v) is 4.49. The molecule has 2 rings (SSSR count). The number of rotatable bonds is 3. The Morgan fingerprint density at radius 2 is 2.24 bits per heavy atom. The summed E-state index contributed by atoms with van der Waals surface area (Å²) in [5.74, 6) is 0.465. The summed E-state index contributed by atoms with van der Waals surface area (Å²) in [4.78, 5) is 13.4. The van der Waals surface area contributed by atoms with Gasteiger partial charge in [0.1, 0.15) is 0 Å². The van der Waals surface area contributed by atoms with Crippen LogP contribution >= 0.6 is 0 Å². The Labute approximate surface area is 99.7 Å². The van der Waals surface area contributed by atoms with Crippen LogP contribution in [0.3, 0.4) is 0 Å². The van der Waals surface area contributed by atoms with Crippen molar-refractivity contribution in [1.82, 2.24) is 15.5 Å². The third kappa shape index (κ3) is 2.52. The molecule has 0 aliphatic carbocycles. The number of anilines is 1. The molecule has 0 bridgehead atoms. The lowest BCUT2D eigenvalue weighted by Gasteiger charge is -2.44. The van der Waals surface area contributed by atoms with E-state index in [1.165, 1.54) is 0 Å². The average molecular weight is 236 g/mol. The van der Waals surface area contributed by atoms with Crippen molar-refractivity contribution in [2.45, 2.75) is 19.4 Å². The molecule has 2 N–H and O–H groups in total. The number of hydrogen-bond acceptors (Lipinski definition) is 5. The van der Waals surface area contributed by atoms with Gasteiger partial charge in [-0.15, -0.1) is 10.2 Å². The molecule has 0 radical (unpaired) electrons. The summed E-state index contributed by atoms with van der Waals surface area (Å²) < 4.78 is 0. The molecule has 1 fully saturated rings. The summed E-state index contributed by atoms with van der Waals surface area (Å²) in [5, 5.41) is 20.1. The Morgan fingerprint density at radius 1 is 1.53 bits per heavy atom. The predicted molar refractivity (Wildman–Crippen MR) is 62.9 cm³/mol. The van der Waals surface area contributed by atoms with Gasteiger partial charge in [-0.3, -0.25) is 4.79 Å². The molecule has 0 unspecified atom stereocenters. The van der Waals surface area contributed by atoms with Crippen LogP contribution in [-0.2, 0) is 0 Å². The van der Waals surface area contributed by atoms with E-state index in [2.05, 4.69) is 15.5 Å². The Balaban J connectivity index is 2.02. The van der Waals surface area contributed by atoms with Gasteiger partial charge in [0.2, 0.25) is 0 Å². The van der Waals surface area contributed by atoms with Crippen molar-refractivity contribution in [1.29, 1.82) is 0 Å². The van der Waals surface area contributed by atoms with Gasteiger partial charge in [0.05, 0.1) is 5.60 Å². The van der Waals surface area contributed by atoms with Crippen LogP contribution in [0.25, 0.3) is 0 Å². The number of nitrogens with one attached hydrogen (secondary N) is 1. The fraction of sp³-hybridized carbons (Fsp3) is 0.545. The average Bonchev–Trinajstić information content (AvgIpc) is 2.26. The van der Waals surface area contributed by atoms with Gasteiger partial charge in [0.15, 0.2) is 11.5 Å². The van der Waals surface area contributed by atoms with Crippen LogP contribution in [0.1, 0.15) is 24.3 Å². The number of amides is 1. The molecule has 0 atom stereocenters. The predicted octanol–water partition coefficient (Wildman–Crippen LogP) is -0.203. The SMILES string of the molecule is CCNC(=O)c1ccc(N2CC(C)(O)C2)nn1. The fourth-order valence-corrected chi connectivity index (χ4v) is 1.80. The normalized spacial score (nSPS) is 17.5. The maximum absolute atomic E-state index is 11.4. The maximum atomic E-state index is 11.4. The van der Waals surface area contributed by atoms with Crippen LogP contribution in [0.5, 0.6) is 0 Å². The summed E-state index contributed by atoms with van der Waals surface area (Å²) in [6.45, 7) is 5.28. The summed E-state index contributed by atoms with van der Waals surface area (Å²) >= 11 is 0. The highest BCUT2D eigenvalue weighted by Crippen LogP contribution is 2.24. The second-order valence-electron chi connectivity index (χ2n) is 4.49. The first kappa shape index (κ1) is 11.8. The zero-order valence-electron chi connectivity index (χ0n) is 9.97. The van der Waals surface area contributed by atoms with Gasteiger partial charge < -0.3 is 15.3 Å². The van der Waals surface area contributed by atoms with E-state index in [-0.39, 0.29) is 5.91 Å². The lowest BCUT2D eigenvalue weighted by molar-refractivity contribution is 0.0304. The third-order valence-corrected chi connectivity index (χ3v) is 2.61. The number of carbonyl (C=O) groups is 1. The molecule has 17 heavy (non-hydrogen) atoms. The van der Waals surface area contributed by atoms with Gasteiger partial charge >= 0.3 is 0 Å². The van der Waals surface area contributed by atoms with E-state index in [0.717, 1.165) is 0 Å². The molecule has 6 heteroatoms. The van der Waals surface area contributed by atoms with Crippen molar-refractivity contribution < 1.29 is 9.90 Å². The molecule has 1 aliphatic heterocycles. The number of aromatic nitrogens is 2. The van der Waals surface area contributed by atoms with Gasteiger partial charge in [-0.25, -0.2) is 0 Å². The largest absolute Gasteiger partial charge is 0.386 e. The van der Waals surface area contributed by atoms with E-state index < -0.39 is 5.60 Å². The lowest BCUT2D eigenvalue weighted by atomic mass is 9.97.